The van der Waals surface area contributed by atoms with Crippen LogP contribution in [-0.4, -0.2) is 46.4 Å². The van der Waals surface area contributed by atoms with E-state index >= 15 is 0 Å². The van der Waals surface area contributed by atoms with E-state index in [1.54, 1.807) is 30.7 Å². The minimum absolute atomic E-state index is 0. The second kappa shape index (κ2) is 10.5. The van der Waals surface area contributed by atoms with Crippen molar-refractivity contribution in [3.63, 3.8) is 0 Å². The summed E-state index contributed by atoms with van der Waals surface area (Å²) in [7, 11) is 1.70. The molecule has 8 nitrogen and oxygen atoms in total. The van der Waals surface area contributed by atoms with E-state index in [4.69, 9.17) is 4.42 Å². The Morgan fingerprint density at radius 1 is 1.27 bits per heavy atom. The van der Waals surface area contributed by atoms with E-state index in [-0.39, 0.29) is 24.0 Å². The molecule has 0 aliphatic carbocycles. The van der Waals surface area contributed by atoms with Gasteiger partial charge in [-0.1, -0.05) is 18.2 Å². The summed E-state index contributed by atoms with van der Waals surface area (Å²) >= 11 is 1.60. The first-order valence-corrected chi connectivity index (χ1v) is 10.1. The van der Waals surface area contributed by atoms with Gasteiger partial charge in [0.2, 0.25) is 5.82 Å². The fourth-order valence-electron chi connectivity index (χ4n) is 2.90. The van der Waals surface area contributed by atoms with Gasteiger partial charge in [-0.2, -0.15) is 5.10 Å². The maximum atomic E-state index is 10.5. The van der Waals surface area contributed by atoms with Crippen LogP contribution in [0, 0.1) is 0 Å². The number of fused-ring (bicyclic) bond motifs is 1. The second-order valence-electron chi connectivity index (χ2n) is 6.42. The highest BCUT2D eigenvalue weighted by atomic mass is 127. The molecule has 1 unspecified atom stereocenters. The Morgan fingerprint density at radius 2 is 2.13 bits per heavy atom. The highest BCUT2D eigenvalue weighted by molar-refractivity contribution is 14.0. The zero-order valence-electron chi connectivity index (χ0n) is 16.3. The number of hydrogen-bond donors (Lipinski definition) is 4. The molecule has 0 saturated carbocycles. The van der Waals surface area contributed by atoms with Gasteiger partial charge in [0.05, 0.1) is 6.26 Å². The molecule has 4 rings (SSSR count). The minimum atomic E-state index is -0.601. The van der Waals surface area contributed by atoms with Crippen LogP contribution in [0.3, 0.4) is 0 Å². The first kappa shape index (κ1) is 22.2. The third-order valence-corrected chi connectivity index (χ3v) is 5.60. The number of halogens is 1. The number of rotatable bonds is 7. The molecule has 10 heteroatoms. The van der Waals surface area contributed by atoms with Crippen LogP contribution < -0.4 is 10.6 Å². The van der Waals surface area contributed by atoms with Gasteiger partial charge in [0.25, 0.3) is 0 Å². The number of aliphatic imine (C=N–C) groups is 1. The lowest BCUT2D eigenvalue weighted by Crippen LogP contribution is -2.40. The molecule has 0 aliphatic rings. The van der Waals surface area contributed by atoms with Gasteiger partial charge in [0.15, 0.2) is 11.7 Å². The van der Waals surface area contributed by atoms with E-state index in [0.717, 1.165) is 16.1 Å². The molecule has 0 fully saturated rings. The Labute approximate surface area is 194 Å². The number of aliphatic hydroxyl groups excluding tert-OH is 1. The molecule has 3 aromatic heterocycles. The Bertz CT molecular complexity index is 1060. The third kappa shape index (κ3) is 5.37. The molecule has 0 spiro atoms. The Kier molecular flexibility index (Phi) is 7.82. The second-order valence-corrected chi connectivity index (χ2v) is 7.53. The van der Waals surface area contributed by atoms with Crippen LogP contribution in [-0.2, 0) is 6.42 Å². The number of aliphatic hydroxyl groups is 1. The number of H-pyrrole nitrogens is 1. The lowest BCUT2D eigenvalue weighted by atomic mass is 10.2. The van der Waals surface area contributed by atoms with Gasteiger partial charge in [0, 0.05) is 36.1 Å². The molecule has 158 valence electrons. The Morgan fingerprint density at radius 3 is 2.90 bits per heavy atom. The zero-order chi connectivity index (χ0) is 20.1. The van der Waals surface area contributed by atoms with Gasteiger partial charge in [0.1, 0.15) is 11.9 Å². The SMILES string of the molecule is CN=C(NCCc1nc(-c2ccco2)n[nH]1)NCC(O)c1cc2ccccc2s1.I. The molecule has 0 radical (unpaired) electrons. The van der Waals surface area contributed by atoms with E-state index in [2.05, 4.69) is 42.9 Å². The van der Waals surface area contributed by atoms with E-state index < -0.39 is 6.10 Å². The van der Waals surface area contributed by atoms with Gasteiger partial charge >= 0.3 is 0 Å². The predicted molar refractivity (Wildman–Crippen MR) is 129 cm³/mol. The first-order valence-electron chi connectivity index (χ1n) is 9.29. The van der Waals surface area contributed by atoms with Crippen LogP contribution in [0.1, 0.15) is 16.8 Å². The average molecular weight is 538 g/mol. The standard InChI is InChI=1S/C20H22N6O2S.HI/c1-21-20(22-9-8-18-24-19(26-25-18)15-6-4-10-28-15)23-12-14(27)17-11-13-5-2-3-7-16(13)29-17;/h2-7,10-11,14,27H,8-9,12H2,1H3,(H2,21,22,23)(H,24,25,26);1H. The number of hydrogen-bond acceptors (Lipinski definition) is 6. The van der Waals surface area contributed by atoms with E-state index in [9.17, 15) is 5.11 Å². The monoisotopic (exact) mass is 538 g/mol. The molecular weight excluding hydrogens is 515 g/mol. The van der Waals surface area contributed by atoms with Crippen molar-refractivity contribution in [2.75, 3.05) is 20.1 Å². The number of nitrogens with zero attached hydrogens (tertiary/aromatic N) is 3. The zero-order valence-corrected chi connectivity index (χ0v) is 19.5. The van der Waals surface area contributed by atoms with Crippen LogP contribution in [0.25, 0.3) is 21.7 Å². The lowest BCUT2D eigenvalue weighted by Gasteiger charge is -2.14. The number of nitrogens with one attached hydrogen (secondary N) is 3. The number of aromatic amines is 1. The number of benzene rings is 1. The maximum absolute atomic E-state index is 10.5. The summed E-state index contributed by atoms with van der Waals surface area (Å²) in [5.41, 5.74) is 0. The molecule has 1 aromatic carbocycles. The number of furan rings is 1. The number of aromatic nitrogens is 3. The van der Waals surface area contributed by atoms with Crippen molar-refractivity contribution < 1.29 is 9.52 Å². The normalized spacial score (nSPS) is 12.5. The third-order valence-electron chi connectivity index (χ3n) is 4.39. The fourth-order valence-corrected chi connectivity index (χ4v) is 3.95. The number of guanidine groups is 1. The molecule has 4 N–H and O–H groups in total. The fraction of sp³-hybridized carbons (Fsp3) is 0.250. The van der Waals surface area contributed by atoms with Crippen LogP contribution >= 0.6 is 35.3 Å². The van der Waals surface area contributed by atoms with Crippen molar-refractivity contribution in [3.05, 3.63) is 59.4 Å². The molecule has 0 saturated heterocycles. The van der Waals surface area contributed by atoms with E-state index in [0.29, 0.717) is 37.1 Å². The van der Waals surface area contributed by atoms with Crippen LogP contribution in [0.4, 0.5) is 0 Å². The summed E-state index contributed by atoms with van der Waals surface area (Å²) < 4.78 is 6.46. The van der Waals surface area contributed by atoms with Crippen molar-refractivity contribution >= 4 is 51.4 Å². The molecule has 4 aromatic rings. The van der Waals surface area contributed by atoms with E-state index in [1.165, 1.54) is 4.70 Å². The first-order chi connectivity index (χ1) is 14.2. The maximum Gasteiger partial charge on any atom is 0.216 e. The molecular formula is C20H23IN6O2S. The average Bonchev–Trinajstić information content (AvgIpc) is 3.49. The predicted octanol–water partition coefficient (Wildman–Crippen LogP) is 3.34. The summed E-state index contributed by atoms with van der Waals surface area (Å²) in [5.74, 6) is 2.55. The summed E-state index contributed by atoms with van der Waals surface area (Å²) in [4.78, 5) is 9.54. The van der Waals surface area contributed by atoms with Crippen molar-refractivity contribution in [2.45, 2.75) is 12.5 Å². The van der Waals surface area contributed by atoms with Crippen LogP contribution in [0.5, 0.6) is 0 Å². The van der Waals surface area contributed by atoms with Gasteiger partial charge in [-0.15, -0.1) is 35.3 Å². The van der Waals surface area contributed by atoms with Gasteiger partial charge in [-0.3, -0.25) is 10.1 Å². The van der Waals surface area contributed by atoms with Crippen molar-refractivity contribution in [1.29, 1.82) is 0 Å². The number of thiophene rings is 1. The topological polar surface area (TPSA) is 111 Å². The van der Waals surface area contributed by atoms with E-state index in [1.807, 2.05) is 24.3 Å². The lowest BCUT2D eigenvalue weighted by molar-refractivity contribution is 0.184. The molecule has 30 heavy (non-hydrogen) atoms. The molecule has 0 bridgehead atoms. The highest BCUT2D eigenvalue weighted by Gasteiger charge is 2.12. The summed E-state index contributed by atoms with van der Waals surface area (Å²) in [6.45, 7) is 0.989. The molecule has 0 aliphatic heterocycles. The van der Waals surface area contributed by atoms with Gasteiger partial charge in [-0.05, 0) is 29.7 Å². The quantitative estimate of drug-likeness (QED) is 0.163. The minimum Gasteiger partial charge on any atom is -0.461 e. The summed E-state index contributed by atoms with van der Waals surface area (Å²) in [5, 5.41) is 25.1. The molecule has 1 atom stereocenters. The van der Waals surface area contributed by atoms with Gasteiger partial charge < -0.3 is 20.2 Å². The largest absolute Gasteiger partial charge is 0.461 e. The van der Waals surface area contributed by atoms with Crippen molar-refractivity contribution in [3.8, 4) is 11.6 Å². The summed E-state index contributed by atoms with van der Waals surface area (Å²) in [6.07, 6.45) is 1.64. The molecule has 3 heterocycles. The van der Waals surface area contributed by atoms with Crippen LogP contribution in [0.2, 0.25) is 0 Å². The van der Waals surface area contributed by atoms with Gasteiger partial charge in [-0.25, -0.2) is 4.98 Å². The van der Waals surface area contributed by atoms with Crippen molar-refractivity contribution in [1.82, 2.24) is 25.8 Å². The Hall–Kier alpha value is -2.44. The van der Waals surface area contributed by atoms with Crippen LogP contribution in [0.15, 0.2) is 58.1 Å². The highest BCUT2D eigenvalue weighted by Crippen LogP contribution is 2.29. The Balaban J connectivity index is 0.00000256. The molecule has 0 amide bonds. The summed E-state index contributed by atoms with van der Waals surface area (Å²) in [6, 6.07) is 13.8. The van der Waals surface area contributed by atoms with Crippen molar-refractivity contribution in [2.24, 2.45) is 4.99 Å². The smallest absolute Gasteiger partial charge is 0.216 e.